The minimum atomic E-state index is 0.896. The van der Waals surface area contributed by atoms with Crippen molar-refractivity contribution in [2.75, 3.05) is 6.54 Å². The van der Waals surface area contributed by atoms with E-state index >= 15 is 0 Å². The summed E-state index contributed by atoms with van der Waals surface area (Å²) in [5, 5.41) is 7.97. The normalized spacial score (nSPS) is 10.9. The Morgan fingerprint density at radius 2 is 1.95 bits per heavy atom. The lowest BCUT2D eigenvalue weighted by molar-refractivity contribution is 0.669. The van der Waals surface area contributed by atoms with E-state index in [0.29, 0.717) is 0 Å². The molecule has 0 radical (unpaired) electrons. The van der Waals surface area contributed by atoms with Crippen molar-refractivity contribution in [3.63, 3.8) is 0 Å². The zero-order valence-corrected chi connectivity index (χ0v) is 13.1. The van der Waals surface area contributed by atoms with Crippen molar-refractivity contribution < 1.29 is 0 Å². The molecule has 2 aromatic rings. The minimum absolute atomic E-state index is 0.896. The van der Waals surface area contributed by atoms with Gasteiger partial charge in [0, 0.05) is 22.3 Å². The Labute approximate surface area is 123 Å². The van der Waals surface area contributed by atoms with Crippen LogP contribution in [0.3, 0.4) is 0 Å². The molecule has 3 nitrogen and oxygen atoms in total. The lowest BCUT2D eigenvalue weighted by atomic mass is 10.2. The van der Waals surface area contributed by atoms with Crippen LogP contribution in [0.4, 0.5) is 0 Å². The van der Waals surface area contributed by atoms with Crippen LogP contribution in [-0.2, 0) is 13.0 Å². The number of nitrogens with one attached hydrogen (secondary N) is 1. The van der Waals surface area contributed by atoms with Gasteiger partial charge in [-0.3, -0.25) is 0 Å². The summed E-state index contributed by atoms with van der Waals surface area (Å²) in [7, 11) is 0. The van der Waals surface area contributed by atoms with E-state index in [2.05, 4.69) is 52.3 Å². The van der Waals surface area contributed by atoms with Crippen LogP contribution in [-0.4, -0.2) is 16.3 Å². The first kappa shape index (κ1) is 14.3. The molecule has 0 amide bonds. The maximum Gasteiger partial charge on any atom is 0.0649 e. The Morgan fingerprint density at radius 3 is 2.58 bits per heavy atom. The van der Waals surface area contributed by atoms with Crippen molar-refractivity contribution in [1.29, 1.82) is 0 Å². The van der Waals surface area contributed by atoms with Crippen LogP contribution >= 0.6 is 15.9 Å². The fraction of sp³-hybridized carbons (Fsp3) is 0.400. The summed E-state index contributed by atoms with van der Waals surface area (Å²) in [5.74, 6) is 0. The molecule has 4 heteroatoms. The summed E-state index contributed by atoms with van der Waals surface area (Å²) < 4.78 is 3.13. The predicted molar refractivity (Wildman–Crippen MR) is 82.6 cm³/mol. The fourth-order valence-corrected chi connectivity index (χ4v) is 2.40. The van der Waals surface area contributed by atoms with Gasteiger partial charge in [-0.1, -0.05) is 29.8 Å². The maximum absolute atomic E-state index is 4.53. The molecule has 0 aliphatic heterocycles. The van der Waals surface area contributed by atoms with Gasteiger partial charge in [-0.25, -0.2) is 4.68 Å². The Kier molecular flexibility index (Phi) is 5.16. The van der Waals surface area contributed by atoms with E-state index in [-0.39, 0.29) is 0 Å². The highest BCUT2D eigenvalue weighted by Gasteiger charge is 2.10. The molecule has 0 saturated heterocycles. The first-order valence-electron chi connectivity index (χ1n) is 6.78. The van der Waals surface area contributed by atoms with Crippen LogP contribution in [0.15, 0.2) is 34.9 Å². The zero-order chi connectivity index (χ0) is 13.7. The number of benzene rings is 1. The number of aromatic nitrogens is 2. The summed E-state index contributed by atoms with van der Waals surface area (Å²) in [6.07, 6.45) is 4.12. The zero-order valence-electron chi connectivity index (χ0n) is 11.5. The summed E-state index contributed by atoms with van der Waals surface area (Å²) in [5.41, 5.74) is 3.69. The molecular formula is C15H20BrN3. The van der Waals surface area contributed by atoms with Crippen LogP contribution in [0.5, 0.6) is 0 Å². The average molecular weight is 322 g/mol. The molecule has 2 rings (SSSR count). The third-order valence-corrected chi connectivity index (χ3v) is 3.63. The Morgan fingerprint density at radius 1 is 1.21 bits per heavy atom. The van der Waals surface area contributed by atoms with Gasteiger partial charge in [0.05, 0.1) is 11.9 Å². The molecule has 102 valence electrons. The van der Waals surface area contributed by atoms with Gasteiger partial charge in [-0.2, -0.15) is 5.10 Å². The molecule has 0 spiro atoms. The molecular weight excluding hydrogens is 302 g/mol. The average Bonchev–Trinajstić information content (AvgIpc) is 2.83. The van der Waals surface area contributed by atoms with E-state index in [1.165, 1.54) is 11.3 Å². The van der Waals surface area contributed by atoms with Crippen molar-refractivity contribution in [2.45, 2.75) is 33.2 Å². The van der Waals surface area contributed by atoms with Crippen molar-refractivity contribution in [1.82, 2.24) is 15.1 Å². The molecule has 19 heavy (non-hydrogen) atoms. The molecule has 0 atom stereocenters. The lowest BCUT2D eigenvalue weighted by Crippen LogP contribution is -2.15. The van der Waals surface area contributed by atoms with Crippen molar-refractivity contribution in [2.24, 2.45) is 0 Å². The van der Waals surface area contributed by atoms with Gasteiger partial charge in [0.25, 0.3) is 0 Å². The smallest absolute Gasteiger partial charge is 0.0649 e. The molecule has 0 bridgehead atoms. The van der Waals surface area contributed by atoms with Crippen molar-refractivity contribution in [3.05, 3.63) is 46.2 Å². The molecule has 1 aromatic carbocycles. The second-order valence-electron chi connectivity index (χ2n) is 4.54. The van der Waals surface area contributed by atoms with Gasteiger partial charge < -0.3 is 5.32 Å². The summed E-state index contributed by atoms with van der Waals surface area (Å²) >= 11 is 3.46. The molecule has 0 saturated carbocycles. The van der Waals surface area contributed by atoms with Crippen LogP contribution < -0.4 is 5.32 Å². The van der Waals surface area contributed by atoms with Crippen LogP contribution in [0.25, 0.3) is 5.69 Å². The molecule has 0 fully saturated rings. The topological polar surface area (TPSA) is 29.9 Å². The summed E-state index contributed by atoms with van der Waals surface area (Å²) in [6, 6.07) is 8.26. The molecule has 0 unspecified atom stereocenters. The lowest BCUT2D eigenvalue weighted by Gasteiger charge is -2.08. The first-order valence-corrected chi connectivity index (χ1v) is 7.58. The molecule has 0 aliphatic carbocycles. The second kappa shape index (κ2) is 6.87. The van der Waals surface area contributed by atoms with Gasteiger partial charge in [0.2, 0.25) is 0 Å². The highest BCUT2D eigenvalue weighted by molar-refractivity contribution is 9.10. The van der Waals surface area contributed by atoms with Crippen molar-refractivity contribution in [3.8, 4) is 5.69 Å². The van der Waals surface area contributed by atoms with Gasteiger partial charge in [-0.05, 0) is 43.7 Å². The number of hydrogen-bond acceptors (Lipinski definition) is 2. The maximum atomic E-state index is 4.53. The van der Waals surface area contributed by atoms with Gasteiger partial charge in [0.1, 0.15) is 0 Å². The minimum Gasteiger partial charge on any atom is -0.313 e. The predicted octanol–water partition coefficient (Wildman–Crippen LogP) is 3.70. The first-order chi connectivity index (χ1) is 9.26. The van der Waals surface area contributed by atoms with E-state index in [4.69, 9.17) is 0 Å². The second-order valence-corrected chi connectivity index (χ2v) is 5.45. The largest absolute Gasteiger partial charge is 0.313 e. The Balaban J connectivity index is 2.23. The fourth-order valence-electron chi connectivity index (χ4n) is 2.14. The summed E-state index contributed by atoms with van der Waals surface area (Å²) in [4.78, 5) is 0. The van der Waals surface area contributed by atoms with E-state index in [0.717, 1.165) is 36.1 Å². The number of halogens is 1. The number of rotatable bonds is 6. The molecule has 1 aromatic heterocycles. The quantitative estimate of drug-likeness (QED) is 0.822. The third-order valence-electron chi connectivity index (χ3n) is 3.10. The third kappa shape index (κ3) is 3.45. The van der Waals surface area contributed by atoms with Gasteiger partial charge >= 0.3 is 0 Å². The van der Waals surface area contributed by atoms with E-state index in [1.54, 1.807) is 0 Å². The Hall–Kier alpha value is -1.13. The van der Waals surface area contributed by atoms with Crippen LogP contribution in [0.1, 0.15) is 31.5 Å². The van der Waals surface area contributed by atoms with Gasteiger partial charge in [0.15, 0.2) is 0 Å². The van der Waals surface area contributed by atoms with E-state index in [1.807, 2.05) is 23.0 Å². The molecule has 1 N–H and O–H groups in total. The molecule has 0 aliphatic rings. The monoisotopic (exact) mass is 321 g/mol. The van der Waals surface area contributed by atoms with Crippen LogP contribution in [0, 0.1) is 0 Å². The highest BCUT2D eigenvalue weighted by atomic mass is 79.9. The number of hydrogen-bond donors (Lipinski definition) is 1. The summed E-state index contributed by atoms with van der Waals surface area (Å²) in [6.45, 7) is 6.30. The standard InChI is InChI=1S/C15H20BrN3/c1-3-9-17-10-12-11-18-19(15(12)4-2)14-7-5-13(16)6-8-14/h5-8,11,17H,3-4,9-10H2,1-2H3. The van der Waals surface area contributed by atoms with Crippen molar-refractivity contribution >= 4 is 15.9 Å². The highest BCUT2D eigenvalue weighted by Crippen LogP contribution is 2.18. The van der Waals surface area contributed by atoms with Gasteiger partial charge in [-0.15, -0.1) is 0 Å². The van der Waals surface area contributed by atoms with Crippen LogP contribution in [0.2, 0.25) is 0 Å². The number of nitrogens with zero attached hydrogens (tertiary/aromatic N) is 2. The SMILES string of the molecule is CCCNCc1cnn(-c2ccc(Br)cc2)c1CC. The van der Waals surface area contributed by atoms with E-state index < -0.39 is 0 Å². The van der Waals surface area contributed by atoms with E-state index in [9.17, 15) is 0 Å². The Bertz CT molecular complexity index is 517. The molecule has 1 heterocycles.